The number of rotatable bonds is 9. The van der Waals surface area contributed by atoms with Gasteiger partial charge >= 0.3 is 0 Å². The van der Waals surface area contributed by atoms with Crippen LogP contribution in [-0.4, -0.2) is 27.4 Å². The first-order chi connectivity index (χ1) is 7.52. The van der Waals surface area contributed by atoms with Crippen LogP contribution in [0.25, 0.3) is 0 Å². The Hall–Kier alpha value is -0.0800. The second-order valence-electron chi connectivity index (χ2n) is 5.55. The molecule has 2 heteroatoms. The van der Waals surface area contributed by atoms with E-state index >= 15 is 0 Å². The van der Waals surface area contributed by atoms with Crippen LogP contribution in [0.4, 0.5) is 0 Å². The van der Waals surface area contributed by atoms with Crippen molar-refractivity contribution in [3.8, 4) is 0 Å². The van der Waals surface area contributed by atoms with Gasteiger partial charge in [-0.1, -0.05) is 34.1 Å². The molecule has 0 aliphatic heterocycles. The van der Waals surface area contributed by atoms with Gasteiger partial charge in [-0.25, -0.2) is 0 Å². The number of methoxy groups -OCH3 is 2. The molecular weight excluding hydrogens is 200 g/mol. The lowest BCUT2D eigenvalue weighted by Gasteiger charge is -2.29. The Morgan fingerprint density at radius 2 is 1.38 bits per heavy atom. The maximum absolute atomic E-state index is 5.36. The fraction of sp³-hybridized carbons (Fsp3) is 1.00. The molecule has 0 radical (unpaired) electrons. The number of hydrogen-bond acceptors (Lipinski definition) is 2. The van der Waals surface area contributed by atoms with Crippen molar-refractivity contribution in [2.24, 2.45) is 23.7 Å². The molecule has 0 saturated heterocycles. The highest BCUT2D eigenvalue weighted by molar-refractivity contribution is 4.73. The van der Waals surface area contributed by atoms with Crippen molar-refractivity contribution in [3.05, 3.63) is 0 Å². The Balaban J connectivity index is 4.31. The van der Waals surface area contributed by atoms with E-state index in [0.29, 0.717) is 17.8 Å². The van der Waals surface area contributed by atoms with Gasteiger partial charge in [0.05, 0.1) is 0 Å². The molecule has 0 aliphatic carbocycles. The van der Waals surface area contributed by atoms with Crippen LogP contribution in [0, 0.1) is 23.7 Å². The molecule has 0 aromatic heterocycles. The first kappa shape index (κ1) is 15.9. The topological polar surface area (TPSA) is 18.5 Å². The van der Waals surface area contributed by atoms with Crippen LogP contribution >= 0.6 is 0 Å². The molecule has 0 aliphatic rings. The predicted octanol–water partition coefficient (Wildman–Crippen LogP) is 3.60. The summed E-state index contributed by atoms with van der Waals surface area (Å²) >= 11 is 0. The summed E-state index contributed by atoms with van der Waals surface area (Å²) in [4.78, 5) is 0. The van der Waals surface area contributed by atoms with Gasteiger partial charge in [-0.3, -0.25) is 0 Å². The van der Waals surface area contributed by atoms with Crippen LogP contribution in [0.5, 0.6) is 0 Å². The summed E-state index contributed by atoms with van der Waals surface area (Å²) in [6, 6.07) is 0. The zero-order chi connectivity index (χ0) is 12.6. The standard InChI is InChI=1S/C14H30O2/c1-11(2)7-8-13(9-15-5)14(10-16-6)12(3)4/h11-14H,7-10H2,1-6H3. The summed E-state index contributed by atoms with van der Waals surface area (Å²) in [5.74, 6) is 2.68. The lowest BCUT2D eigenvalue weighted by Crippen LogP contribution is -2.28. The van der Waals surface area contributed by atoms with Crippen molar-refractivity contribution in [1.29, 1.82) is 0 Å². The van der Waals surface area contributed by atoms with Crippen molar-refractivity contribution < 1.29 is 9.47 Å². The van der Waals surface area contributed by atoms with E-state index in [1.807, 2.05) is 0 Å². The fourth-order valence-corrected chi connectivity index (χ4v) is 2.25. The summed E-state index contributed by atoms with van der Waals surface area (Å²) in [6.07, 6.45) is 2.53. The van der Waals surface area contributed by atoms with E-state index in [2.05, 4.69) is 27.7 Å². The largest absolute Gasteiger partial charge is 0.384 e. The van der Waals surface area contributed by atoms with E-state index in [4.69, 9.17) is 9.47 Å². The Bertz CT molecular complexity index is 155. The van der Waals surface area contributed by atoms with Crippen molar-refractivity contribution in [2.75, 3.05) is 27.4 Å². The molecule has 0 fully saturated rings. The maximum atomic E-state index is 5.36. The van der Waals surface area contributed by atoms with Gasteiger partial charge in [0.15, 0.2) is 0 Å². The molecule has 2 atom stereocenters. The minimum Gasteiger partial charge on any atom is -0.384 e. The van der Waals surface area contributed by atoms with Crippen LogP contribution in [0.3, 0.4) is 0 Å². The Morgan fingerprint density at radius 1 is 0.812 bits per heavy atom. The van der Waals surface area contributed by atoms with Crippen LogP contribution < -0.4 is 0 Å². The Morgan fingerprint density at radius 3 is 1.75 bits per heavy atom. The zero-order valence-electron chi connectivity index (χ0n) is 12.0. The smallest absolute Gasteiger partial charge is 0.0496 e. The third-order valence-electron chi connectivity index (χ3n) is 3.32. The van der Waals surface area contributed by atoms with E-state index in [1.165, 1.54) is 12.8 Å². The van der Waals surface area contributed by atoms with Crippen molar-refractivity contribution >= 4 is 0 Å². The van der Waals surface area contributed by atoms with E-state index in [9.17, 15) is 0 Å². The van der Waals surface area contributed by atoms with E-state index in [-0.39, 0.29) is 0 Å². The predicted molar refractivity (Wildman–Crippen MR) is 69.6 cm³/mol. The first-order valence-corrected chi connectivity index (χ1v) is 6.50. The maximum Gasteiger partial charge on any atom is 0.0496 e. The Labute approximate surface area is 102 Å². The average Bonchev–Trinajstić information content (AvgIpc) is 2.20. The second-order valence-corrected chi connectivity index (χ2v) is 5.55. The molecular formula is C14H30O2. The van der Waals surface area contributed by atoms with Crippen LogP contribution in [0.2, 0.25) is 0 Å². The highest BCUT2D eigenvalue weighted by Gasteiger charge is 2.24. The summed E-state index contributed by atoms with van der Waals surface area (Å²) in [7, 11) is 3.59. The highest BCUT2D eigenvalue weighted by atomic mass is 16.5. The van der Waals surface area contributed by atoms with Gasteiger partial charge in [0.1, 0.15) is 0 Å². The minimum atomic E-state index is 0.615. The van der Waals surface area contributed by atoms with Gasteiger partial charge in [-0.15, -0.1) is 0 Å². The molecule has 0 aromatic carbocycles. The quantitative estimate of drug-likeness (QED) is 0.602. The number of hydrogen-bond donors (Lipinski definition) is 0. The van der Waals surface area contributed by atoms with Crippen LogP contribution in [-0.2, 0) is 9.47 Å². The summed E-state index contributed by atoms with van der Waals surface area (Å²) in [6.45, 7) is 10.8. The molecule has 0 amide bonds. The fourth-order valence-electron chi connectivity index (χ4n) is 2.25. The van der Waals surface area contributed by atoms with E-state index in [0.717, 1.165) is 19.1 Å². The minimum absolute atomic E-state index is 0.615. The monoisotopic (exact) mass is 230 g/mol. The van der Waals surface area contributed by atoms with Gasteiger partial charge in [-0.2, -0.15) is 0 Å². The molecule has 98 valence electrons. The molecule has 2 unspecified atom stereocenters. The van der Waals surface area contributed by atoms with Gasteiger partial charge in [0.2, 0.25) is 0 Å². The summed E-state index contributed by atoms with van der Waals surface area (Å²) in [5.41, 5.74) is 0. The zero-order valence-corrected chi connectivity index (χ0v) is 12.0. The van der Waals surface area contributed by atoms with Crippen LogP contribution in [0.1, 0.15) is 40.5 Å². The summed E-state index contributed by atoms with van der Waals surface area (Å²) < 4.78 is 10.7. The molecule has 2 nitrogen and oxygen atoms in total. The molecule has 0 bridgehead atoms. The van der Waals surface area contributed by atoms with Gasteiger partial charge < -0.3 is 9.47 Å². The second kappa shape index (κ2) is 9.00. The molecule has 0 N–H and O–H groups in total. The van der Waals surface area contributed by atoms with Gasteiger partial charge in [0, 0.05) is 27.4 Å². The first-order valence-electron chi connectivity index (χ1n) is 6.50. The Kier molecular flexibility index (Phi) is 8.96. The molecule has 0 heterocycles. The van der Waals surface area contributed by atoms with Crippen LogP contribution in [0.15, 0.2) is 0 Å². The van der Waals surface area contributed by atoms with Gasteiger partial charge in [0.25, 0.3) is 0 Å². The van der Waals surface area contributed by atoms with E-state index < -0.39 is 0 Å². The van der Waals surface area contributed by atoms with Crippen molar-refractivity contribution in [3.63, 3.8) is 0 Å². The molecule has 0 rings (SSSR count). The highest BCUT2D eigenvalue weighted by Crippen LogP contribution is 2.27. The van der Waals surface area contributed by atoms with E-state index in [1.54, 1.807) is 14.2 Å². The third kappa shape index (κ3) is 6.49. The SMILES string of the molecule is COCC(CCC(C)C)C(COC)C(C)C. The molecule has 0 saturated carbocycles. The lowest BCUT2D eigenvalue weighted by atomic mass is 9.80. The van der Waals surface area contributed by atoms with Crippen molar-refractivity contribution in [2.45, 2.75) is 40.5 Å². The number of ether oxygens (including phenoxy) is 2. The third-order valence-corrected chi connectivity index (χ3v) is 3.32. The molecule has 0 spiro atoms. The van der Waals surface area contributed by atoms with Gasteiger partial charge in [-0.05, 0) is 30.1 Å². The molecule has 16 heavy (non-hydrogen) atoms. The summed E-state index contributed by atoms with van der Waals surface area (Å²) in [5, 5.41) is 0. The normalized spacial score (nSPS) is 15.8. The molecule has 0 aromatic rings. The van der Waals surface area contributed by atoms with Crippen molar-refractivity contribution in [1.82, 2.24) is 0 Å². The average molecular weight is 230 g/mol. The lowest BCUT2D eigenvalue weighted by molar-refractivity contribution is 0.0421.